The first-order valence-corrected chi connectivity index (χ1v) is 14.1. The van der Waals surface area contributed by atoms with Crippen molar-refractivity contribution in [1.82, 2.24) is 19.7 Å². The number of rotatable bonds is 9. The van der Waals surface area contributed by atoms with E-state index >= 15 is 0 Å². The fourth-order valence-corrected chi connectivity index (χ4v) is 6.25. The zero-order valence-electron chi connectivity index (χ0n) is 20.4. The van der Waals surface area contributed by atoms with Gasteiger partial charge in [0, 0.05) is 25.3 Å². The van der Waals surface area contributed by atoms with E-state index in [-0.39, 0.29) is 18.0 Å². The highest BCUT2D eigenvalue weighted by Crippen LogP contribution is 2.38. The van der Waals surface area contributed by atoms with Gasteiger partial charge in [-0.25, -0.2) is 27.5 Å². The molecule has 12 heteroatoms. The van der Waals surface area contributed by atoms with Gasteiger partial charge in [-0.1, -0.05) is 11.6 Å². The van der Waals surface area contributed by atoms with Crippen molar-refractivity contribution in [2.75, 3.05) is 20.3 Å². The third-order valence-corrected chi connectivity index (χ3v) is 8.37. The molecule has 0 saturated carbocycles. The summed E-state index contributed by atoms with van der Waals surface area (Å²) in [5, 5.41) is 1.16. The maximum absolute atomic E-state index is 13.1. The Kier molecular flexibility index (Phi) is 7.55. The molecule has 5 rings (SSSR count). The van der Waals surface area contributed by atoms with E-state index in [0.29, 0.717) is 22.9 Å². The van der Waals surface area contributed by atoms with Gasteiger partial charge in [0.15, 0.2) is 0 Å². The van der Waals surface area contributed by atoms with Gasteiger partial charge in [-0.3, -0.25) is 4.98 Å². The molecule has 38 heavy (non-hydrogen) atoms. The number of halogens is 2. The maximum Gasteiger partial charge on any atom is 0.240 e. The number of thiazole rings is 1. The smallest absolute Gasteiger partial charge is 0.240 e. The highest BCUT2D eigenvalue weighted by molar-refractivity contribution is 7.89. The molecule has 0 saturated heterocycles. The summed E-state index contributed by atoms with van der Waals surface area (Å²) in [6.07, 6.45) is 1.70. The van der Waals surface area contributed by atoms with Crippen molar-refractivity contribution in [2.45, 2.75) is 18.4 Å². The lowest BCUT2D eigenvalue weighted by Crippen LogP contribution is -2.28. The number of aryl methyl sites for hydroxylation is 1. The zero-order chi connectivity index (χ0) is 26.9. The number of nitrogens with one attached hydrogen (secondary N) is 1. The second kappa shape index (κ2) is 10.9. The standard InChI is InChI=1S/C26H22ClFN4O4S2/c1-15-9-20(24-22(10-15)31-17(13-29-24)14-35-2)26-32-25-21(27)11-18(12-23(25)37-26)36-8-7-30-38(33,34)19-5-3-16(28)4-6-19/h3-6,9-13,30H,7-8,14H2,1-2H3. The molecule has 196 valence electrons. The molecular formula is C26H22ClFN4O4S2. The summed E-state index contributed by atoms with van der Waals surface area (Å²) in [4.78, 5) is 14.0. The Morgan fingerprint density at radius 1 is 1.08 bits per heavy atom. The van der Waals surface area contributed by atoms with Crippen LogP contribution in [0, 0.1) is 12.7 Å². The molecule has 5 aromatic rings. The van der Waals surface area contributed by atoms with Gasteiger partial charge in [0.25, 0.3) is 0 Å². The predicted octanol–water partition coefficient (Wildman–Crippen LogP) is 5.51. The van der Waals surface area contributed by atoms with Gasteiger partial charge in [0.2, 0.25) is 10.0 Å². The number of benzene rings is 3. The number of methoxy groups -OCH3 is 1. The van der Waals surface area contributed by atoms with E-state index in [2.05, 4.69) is 14.7 Å². The normalized spacial score (nSPS) is 11.9. The summed E-state index contributed by atoms with van der Waals surface area (Å²) in [6, 6.07) is 12.0. The Morgan fingerprint density at radius 2 is 1.87 bits per heavy atom. The van der Waals surface area contributed by atoms with Crippen LogP contribution in [0.25, 0.3) is 31.8 Å². The van der Waals surface area contributed by atoms with Crippen LogP contribution in [0.15, 0.2) is 59.6 Å². The molecule has 0 aliphatic heterocycles. The van der Waals surface area contributed by atoms with Gasteiger partial charge in [0.05, 0.1) is 44.1 Å². The minimum Gasteiger partial charge on any atom is -0.492 e. The number of ether oxygens (including phenoxy) is 2. The van der Waals surface area contributed by atoms with Crippen molar-refractivity contribution >= 4 is 54.2 Å². The first-order valence-electron chi connectivity index (χ1n) is 11.5. The maximum atomic E-state index is 13.1. The molecule has 0 atom stereocenters. The number of hydrogen-bond acceptors (Lipinski definition) is 8. The molecule has 0 unspecified atom stereocenters. The fraction of sp³-hybridized carbons (Fsp3) is 0.192. The molecule has 0 spiro atoms. The van der Waals surface area contributed by atoms with E-state index < -0.39 is 15.8 Å². The van der Waals surface area contributed by atoms with Gasteiger partial charge in [-0.05, 0) is 55.0 Å². The minimum atomic E-state index is -3.78. The first kappa shape index (κ1) is 26.4. The van der Waals surface area contributed by atoms with Crippen LogP contribution in [0.3, 0.4) is 0 Å². The van der Waals surface area contributed by atoms with E-state index in [1.165, 1.54) is 23.5 Å². The van der Waals surface area contributed by atoms with Crippen molar-refractivity contribution in [3.05, 3.63) is 76.8 Å². The summed E-state index contributed by atoms with van der Waals surface area (Å²) in [5.74, 6) is -0.0257. The summed E-state index contributed by atoms with van der Waals surface area (Å²) in [6.45, 7) is 2.45. The van der Waals surface area contributed by atoms with E-state index in [9.17, 15) is 12.8 Å². The molecule has 0 fully saturated rings. The van der Waals surface area contributed by atoms with Crippen LogP contribution < -0.4 is 9.46 Å². The van der Waals surface area contributed by atoms with Crippen LogP contribution in [0.1, 0.15) is 11.3 Å². The molecule has 0 radical (unpaired) electrons. The molecule has 0 aliphatic carbocycles. The van der Waals surface area contributed by atoms with Gasteiger partial charge in [0.1, 0.15) is 28.7 Å². The monoisotopic (exact) mass is 572 g/mol. The molecule has 0 amide bonds. The highest BCUT2D eigenvalue weighted by atomic mass is 35.5. The van der Waals surface area contributed by atoms with Crippen molar-refractivity contribution < 1.29 is 22.3 Å². The number of hydrogen-bond donors (Lipinski definition) is 1. The quantitative estimate of drug-likeness (QED) is 0.232. The van der Waals surface area contributed by atoms with Crippen molar-refractivity contribution in [1.29, 1.82) is 0 Å². The molecule has 2 heterocycles. The van der Waals surface area contributed by atoms with Crippen LogP contribution in [-0.4, -0.2) is 43.6 Å². The van der Waals surface area contributed by atoms with Crippen LogP contribution in [0.4, 0.5) is 4.39 Å². The number of sulfonamides is 1. The SMILES string of the molecule is COCc1cnc2c(-c3nc4c(Cl)cc(OCCNS(=O)(=O)c5ccc(F)cc5)cc4s3)cc(C)cc2n1. The molecular weight excluding hydrogens is 551 g/mol. The average molecular weight is 573 g/mol. The Morgan fingerprint density at radius 3 is 2.63 bits per heavy atom. The Hall–Kier alpha value is -3.22. The first-order chi connectivity index (χ1) is 18.2. The summed E-state index contributed by atoms with van der Waals surface area (Å²) in [7, 11) is -2.16. The van der Waals surface area contributed by atoms with Gasteiger partial charge < -0.3 is 9.47 Å². The van der Waals surface area contributed by atoms with E-state index in [1.54, 1.807) is 19.4 Å². The Balaban J connectivity index is 1.35. The van der Waals surface area contributed by atoms with Crippen LogP contribution >= 0.6 is 22.9 Å². The molecule has 3 aromatic carbocycles. The Labute approximate surface area is 227 Å². The third kappa shape index (κ3) is 5.62. The van der Waals surface area contributed by atoms with E-state index in [0.717, 1.165) is 49.7 Å². The second-order valence-corrected chi connectivity index (χ2v) is 11.7. The zero-order valence-corrected chi connectivity index (χ0v) is 22.8. The van der Waals surface area contributed by atoms with Crippen molar-refractivity contribution in [3.8, 4) is 16.3 Å². The lowest BCUT2D eigenvalue weighted by atomic mass is 10.1. The topological polar surface area (TPSA) is 103 Å². The van der Waals surface area contributed by atoms with Crippen molar-refractivity contribution in [2.24, 2.45) is 0 Å². The lowest BCUT2D eigenvalue weighted by molar-refractivity contribution is 0.181. The lowest BCUT2D eigenvalue weighted by Gasteiger charge is -2.09. The Bertz CT molecular complexity index is 1740. The van der Waals surface area contributed by atoms with E-state index in [1.807, 2.05) is 25.1 Å². The van der Waals surface area contributed by atoms with Gasteiger partial charge >= 0.3 is 0 Å². The summed E-state index contributed by atoms with van der Waals surface area (Å²) < 4.78 is 52.0. The van der Waals surface area contributed by atoms with Crippen LogP contribution in [-0.2, 0) is 21.4 Å². The molecule has 1 N–H and O–H groups in total. The number of nitrogens with zero attached hydrogens (tertiary/aromatic N) is 3. The largest absolute Gasteiger partial charge is 0.492 e. The van der Waals surface area contributed by atoms with Gasteiger partial charge in [-0.15, -0.1) is 11.3 Å². The number of aromatic nitrogens is 3. The van der Waals surface area contributed by atoms with Crippen LogP contribution in [0.5, 0.6) is 5.75 Å². The van der Waals surface area contributed by atoms with Gasteiger partial charge in [-0.2, -0.15) is 0 Å². The number of fused-ring (bicyclic) bond motifs is 2. The molecule has 0 aliphatic rings. The molecule has 8 nitrogen and oxygen atoms in total. The third-order valence-electron chi connectivity index (χ3n) is 5.57. The van der Waals surface area contributed by atoms with E-state index in [4.69, 9.17) is 26.1 Å². The molecule has 2 aromatic heterocycles. The fourth-order valence-electron chi connectivity index (χ4n) is 3.89. The summed E-state index contributed by atoms with van der Waals surface area (Å²) in [5.41, 5.74) is 4.74. The average Bonchev–Trinajstić information content (AvgIpc) is 3.31. The summed E-state index contributed by atoms with van der Waals surface area (Å²) >= 11 is 7.97. The minimum absolute atomic E-state index is 0.0162. The van der Waals surface area contributed by atoms with Crippen LogP contribution in [0.2, 0.25) is 5.02 Å². The predicted molar refractivity (Wildman–Crippen MR) is 146 cm³/mol. The highest BCUT2D eigenvalue weighted by Gasteiger charge is 2.17. The molecule has 0 bridgehead atoms. The second-order valence-electron chi connectivity index (χ2n) is 8.45. The van der Waals surface area contributed by atoms with Crippen molar-refractivity contribution in [3.63, 3.8) is 0 Å².